The molecule has 1 aliphatic heterocycles. The van der Waals surface area contributed by atoms with Gasteiger partial charge in [-0.3, -0.25) is 4.40 Å². The number of halogens is 3. The third-order valence-corrected chi connectivity index (χ3v) is 7.29. The summed E-state index contributed by atoms with van der Waals surface area (Å²) in [5.41, 5.74) is 1.36. The number of hydrogen-bond acceptors (Lipinski definition) is 7. The number of benzene rings is 1. The highest BCUT2D eigenvalue weighted by atomic mass is 19.3. The van der Waals surface area contributed by atoms with Gasteiger partial charge < -0.3 is 20.1 Å². The lowest BCUT2D eigenvalue weighted by Gasteiger charge is -2.33. The molecule has 38 heavy (non-hydrogen) atoms. The Morgan fingerprint density at radius 2 is 1.84 bits per heavy atom. The van der Waals surface area contributed by atoms with E-state index in [1.807, 2.05) is 0 Å². The van der Waals surface area contributed by atoms with Crippen molar-refractivity contribution in [2.45, 2.75) is 44.1 Å². The van der Waals surface area contributed by atoms with Crippen LogP contribution in [-0.2, 0) is 5.54 Å². The van der Waals surface area contributed by atoms with E-state index in [1.165, 1.54) is 19.2 Å². The van der Waals surface area contributed by atoms with Gasteiger partial charge in [-0.05, 0) is 44.0 Å². The van der Waals surface area contributed by atoms with Crippen LogP contribution in [0.4, 0.5) is 24.8 Å². The molecule has 0 atom stereocenters. The number of carboxylic acid groups (broad SMARTS) is 1. The van der Waals surface area contributed by atoms with Crippen molar-refractivity contribution in [3.8, 4) is 5.88 Å². The number of anilines is 2. The average molecular weight is 527 g/mol. The normalized spacial score (nSPS) is 18.1. The zero-order chi connectivity index (χ0) is 26.8. The van der Waals surface area contributed by atoms with Crippen LogP contribution in [0, 0.1) is 12.7 Å². The molecule has 4 aromatic rings. The SMILES string of the molecule is COc1cn2c(N3CCC(F)(F)CC3)nc3c(C4(Nc5ccc(C)nc5C(=O)O)CC4)cc(F)cc3c2n1. The van der Waals surface area contributed by atoms with E-state index in [1.54, 1.807) is 34.6 Å². The molecule has 1 saturated heterocycles. The van der Waals surface area contributed by atoms with E-state index in [2.05, 4.69) is 15.3 Å². The summed E-state index contributed by atoms with van der Waals surface area (Å²) in [5.74, 6) is -3.73. The summed E-state index contributed by atoms with van der Waals surface area (Å²) < 4.78 is 49.9. The number of carboxylic acids is 1. The van der Waals surface area contributed by atoms with E-state index in [4.69, 9.17) is 9.72 Å². The van der Waals surface area contributed by atoms with Crippen molar-refractivity contribution >= 4 is 34.2 Å². The van der Waals surface area contributed by atoms with Gasteiger partial charge in [0.1, 0.15) is 5.82 Å². The summed E-state index contributed by atoms with van der Waals surface area (Å²) in [4.78, 5) is 27.2. The highest BCUT2D eigenvalue weighted by Crippen LogP contribution is 2.51. The maximum Gasteiger partial charge on any atom is 0.356 e. The zero-order valence-electron chi connectivity index (χ0n) is 20.8. The van der Waals surface area contributed by atoms with Crippen LogP contribution in [0.2, 0.25) is 0 Å². The van der Waals surface area contributed by atoms with Crippen LogP contribution in [-0.4, -0.2) is 56.6 Å². The Morgan fingerprint density at radius 1 is 1.11 bits per heavy atom. The lowest BCUT2D eigenvalue weighted by atomic mass is 10.00. The molecule has 0 unspecified atom stereocenters. The molecule has 0 amide bonds. The van der Waals surface area contributed by atoms with Gasteiger partial charge in [0.25, 0.3) is 5.92 Å². The van der Waals surface area contributed by atoms with Gasteiger partial charge in [0.05, 0.1) is 30.0 Å². The molecule has 3 aromatic heterocycles. The molecule has 2 fully saturated rings. The molecule has 1 aromatic carbocycles. The molecule has 0 radical (unpaired) electrons. The second-order valence-corrected chi connectivity index (χ2v) is 9.94. The smallest absolute Gasteiger partial charge is 0.356 e. The number of nitrogens with one attached hydrogen (secondary N) is 1. The molecule has 0 spiro atoms. The number of aromatic carboxylic acids is 1. The van der Waals surface area contributed by atoms with Crippen molar-refractivity contribution in [1.82, 2.24) is 19.4 Å². The van der Waals surface area contributed by atoms with Crippen LogP contribution in [0.5, 0.6) is 5.88 Å². The first-order valence-corrected chi connectivity index (χ1v) is 12.3. The van der Waals surface area contributed by atoms with Crippen molar-refractivity contribution in [3.63, 3.8) is 0 Å². The molecule has 6 rings (SSSR count). The largest absolute Gasteiger partial charge is 0.480 e. The number of pyridine rings is 1. The maximum atomic E-state index is 15.1. The van der Waals surface area contributed by atoms with E-state index < -0.39 is 23.2 Å². The van der Waals surface area contributed by atoms with Crippen LogP contribution < -0.4 is 15.0 Å². The summed E-state index contributed by atoms with van der Waals surface area (Å²) in [6, 6.07) is 6.09. The Labute approximate surface area is 215 Å². The Balaban J connectivity index is 1.53. The average Bonchev–Trinajstić information content (AvgIpc) is 3.52. The third kappa shape index (κ3) is 4.04. The fraction of sp³-hybridized carbons (Fsp3) is 0.385. The molecule has 1 aliphatic carbocycles. The molecule has 12 heteroatoms. The molecule has 2 aliphatic rings. The fourth-order valence-electron chi connectivity index (χ4n) is 5.13. The monoisotopic (exact) mass is 526 g/mol. The number of methoxy groups -OCH3 is 1. The van der Waals surface area contributed by atoms with Crippen LogP contribution >= 0.6 is 0 Å². The molecule has 0 bridgehead atoms. The number of piperidine rings is 1. The van der Waals surface area contributed by atoms with Crippen LogP contribution in [0.25, 0.3) is 16.6 Å². The van der Waals surface area contributed by atoms with Gasteiger partial charge in [-0.2, -0.15) is 4.98 Å². The van der Waals surface area contributed by atoms with E-state index in [0.29, 0.717) is 52.3 Å². The Bertz CT molecular complexity index is 1590. The summed E-state index contributed by atoms with van der Waals surface area (Å²) >= 11 is 0. The highest BCUT2D eigenvalue weighted by molar-refractivity contribution is 5.97. The quantitative estimate of drug-likeness (QED) is 0.370. The molecule has 2 N–H and O–H groups in total. The van der Waals surface area contributed by atoms with Crippen LogP contribution in [0.15, 0.2) is 30.5 Å². The van der Waals surface area contributed by atoms with Crippen molar-refractivity contribution in [2.75, 3.05) is 30.4 Å². The van der Waals surface area contributed by atoms with Gasteiger partial charge in [0, 0.05) is 42.6 Å². The summed E-state index contributed by atoms with van der Waals surface area (Å²) in [6.07, 6.45) is 2.21. The number of rotatable bonds is 6. The standard InChI is InChI=1S/C26H25F3N6O3/c1-14-3-4-18(21(30-14)23(36)37)33-25(5-6-25)17-12-15(27)11-16-20(17)32-24(34-9-7-26(28,29)8-10-34)35-13-19(38-2)31-22(16)35/h3-4,11-13,33H,5-10H2,1-2H3,(H,36,37). The number of carbonyl (C=O) groups is 1. The topological polar surface area (TPSA) is 105 Å². The number of nitrogens with zero attached hydrogens (tertiary/aromatic N) is 5. The number of fused-ring (bicyclic) bond motifs is 3. The molecule has 198 valence electrons. The summed E-state index contributed by atoms with van der Waals surface area (Å²) in [6.45, 7) is 1.89. The van der Waals surface area contributed by atoms with Gasteiger partial charge >= 0.3 is 5.97 Å². The van der Waals surface area contributed by atoms with E-state index in [0.717, 1.165) is 0 Å². The van der Waals surface area contributed by atoms with Crippen LogP contribution in [0.1, 0.15) is 47.4 Å². The molecule has 9 nitrogen and oxygen atoms in total. The number of ether oxygens (including phenoxy) is 1. The Hall–Kier alpha value is -4.09. The minimum absolute atomic E-state index is 0.0953. The van der Waals surface area contributed by atoms with Gasteiger partial charge in [0.15, 0.2) is 11.3 Å². The fourth-order valence-corrected chi connectivity index (χ4v) is 5.13. The predicted molar refractivity (Wildman–Crippen MR) is 134 cm³/mol. The van der Waals surface area contributed by atoms with Crippen molar-refractivity contribution in [3.05, 3.63) is 53.2 Å². The predicted octanol–water partition coefficient (Wildman–Crippen LogP) is 4.77. The molecular weight excluding hydrogens is 501 g/mol. The lowest BCUT2D eigenvalue weighted by molar-refractivity contribution is -0.0222. The van der Waals surface area contributed by atoms with Crippen molar-refractivity contribution in [1.29, 1.82) is 0 Å². The molecule has 4 heterocycles. The van der Waals surface area contributed by atoms with Gasteiger partial charge in [-0.25, -0.2) is 27.9 Å². The van der Waals surface area contributed by atoms with E-state index >= 15 is 4.39 Å². The Kier molecular flexibility index (Phi) is 5.41. The minimum Gasteiger partial charge on any atom is -0.480 e. The first-order valence-electron chi connectivity index (χ1n) is 12.3. The number of alkyl halides is 2. The maximum absolute atomic E-state index is 15.1. The van der Waals surface area contributed by atoms with Gasteiger partial charge in [-0.1, -0.05) is 0 Å². The van der Waals surface area contributed by atoms with Gasteiger partial charge in [-0.15, -0.1) is 0 Å². The van der Waals surface area contributed by atoms with E-state index in [-0.39, 0.29) is 37.5 Å². The minimum atomic E-state index is -2.74. The zero-order valence-corrected chi connectivity index (χ0v) is 20.8. The molecule has 1 saturated carbocycles. The number of hydrogen-bond donors (Lipinski definition) is 2. The first-order chi connectivity index (χ1) is 18.1. The highest BCUT2D eigenvalue weighted by Gasteiger charge is 2.47. The second-order valence-electron chi connectivity index (χ2n) is 9.94. The first kappa shape index (κ1) is 24.3. The number of imidazole rings is 1. The number of aryl methyl sites for hydroxylation is 1. The summed E-state index contributed by atoms with van der Waals surface area (Å²) in [5, 5.41) is 13.4. The van der Waals surface area contributed by atoms with Crippen molar-refractivity contribution < 1.29 is 27.8 Å². The third-order valence-electron chi connectivity index (χ3n) is 7.29. The van der Waals surface area contributed by atoms with Crippen molar-refractivity contribution in [2.24, 2.45) is 0 Å². The molecular formula is C26H25F3N6O3. The second kappa shape index (κ2) is 8.47. The van der Waals surface area contributed by atoms with Crippen LogP contribution in [0.3, 0.4) is 0 Å². The summed E-state index contributed by atoms with van der Waals surface area (Å²) in [7, 11) is 1.46. The van der Waals surface area contributed by atoms with Gasteiger partial charge in [0.2, 0.25) is 11.8 Å². The van der Waals surface area contributed by atoms with E-state index in [9.17, 15) is 18.7 Å². The lowest BCUT2D eigenvalue weighted by Crippen LogP contribution is -2.40. The number of aromatic nitrogens is 4. The Morgan fingerprint density at radius 3 is 2.50 bits per heavy atom.